The molecule has 20 heavy (non-hydrogen) atoms. The normalized spacial score (nSPS) is 22.6. The van der Waals surface area contributed by atoms with Crippen molar-refractivity contribution in [1.82, 2.24) is 4.90 Å². The van der Waals surface area contributed by atoms with E-state index in [0.29, 0.717) is 0 Å². The van der Waals surface area contributed by atoms with Crippen molar-refractivity contribution in [2.24, 2.45) is 0 Å². The van der Waals surface area contributed by atoms with Crippen LogP contribution in [0.4, 0.5) is 11.4 Å². The number of hydrogen-bond donors (Lipinski definition) is 1. The summed E-state index contributed by atoms with van der Waals surface area (Å²) in [5.74, 6) is 0.273. The number of carbonyl (C=O) groups is 1. The van der Waals surface area contributed by atoms with E-state index < -0.39 is 0 Å². The minimum atomic E-state index is -0.00162. The second-order valence-electron chi connectivity index (χ2n) is 6.07. The maximum Gasteiger partial charge on any atom is 0.245 e. The lowest BCUT2D eigenvalue weighted by atomic mass is 9.98. The van der Waals surface area contributed by atoms with E-state index in [1.54, 1.807) is 0 Å². The fourth-order valence-corrected chi connectivity index (χ4v) is 3.49. The first kappa shape index (κ1) is 13.3. The summed E-state index contributed by atoms with van der Waals surface area (Å²) in [6.07, 6.45) is 3.02. The van der Waals surface area contributed by atoms with Gasteiger partial charge in [-0.1, -0.05) is 6.07 Å². The SMILES string of the molecule is CC(C)N1CCC(N2CCCc3c(N)cccc32)C1=O. The van der Waals surface area contributed by atoms with Gasteiger partial charge in [0.2, 0.25) is 5.91 Å². The van der Waals surface area contributed by atoms with Gasteiger partial charge in [0, 0.05) is 30.5 Å². The van der Waals surface area contributed by atoms with Crippen LogP contribution < -0.4 is 10.6 Å². The Morgan fingerprint density at radius 2 is 2.10 bits per heavy atom. The van der Waals surface area contributed by atoms with Crippen molar-refractivity contribution in [2.45, 2.75) is 45.2 Å². The third kappa shape index (κ3) is 2.03. The highest BCUT2D eigenvalue weighted by Gasteiger charge is 2.38. The molecule has 2 heterocycles. The summed E-state index contributed by atoms with van der Waals surface area (Å²) in [5, 5.41) is 0. The van der Waals surface area contributed by atoms with E-state index in [0.717, 1.165) is 38.0 Å². The molecule has 0 saturated carbocycles. The molecule has 1 atom stereocenters. The fourth-order valence-electron chi connectivity index (χ4n) is 3.49. The summed E-state index contributed by atoms with van der Waals surface area (Å²) < 4.78 is 0. The molecule has 108 valence electrons. The van der Waals surface area contributed by atoms with Crippen molar-refractivity contribution in [3.05, 3.63) is 23.8 Å². The second-order valence-corrected chi connectivity index (χ2v) is 6.07. The number of nitrogen functional groups attached to an aromatic ring is 1. The van der Waals surface area contributed by atoms with E-state index in [2.05, 4.69) is 24.8 Å². The zero-order valence-electron chi connectivity index (χ0n) is 12.3. The van der Waals surface area contributed by atoms with Crippen LogP contribution in [0.1, 0.15) is 32.3 Å². The molecule has 3 rings (SSSR count). The lowest BCUT2D eigenvalue weighted by Gasteiger charge is -2.36. The number of benzene rings is 1. The van der Waals surface area contributed by atoms with Crippen molar-refractivity contribution < 1.29 is 4.79 Å². The summed E-state index contributed by atoms with van der Waals surface area (Å²) in [6.45, 7) is 6.00. The maximum atomic E-state index is 12.6. The average Bonchev–Trinajstić information content (AvgIpc) is 2.80. The molecule has 0 radical (unpaired) electrons. The summed E-state index contributed by atoms with van der Waals surface area (Å²) >= 11 is 0. The molecule has 2 N–H and O–H groups in total. The second kappa shape index (κ2) is 5.00. The van der Waals surface area contributed by atoms with Crippen LogP contribution in [-0.4, -0.2) is 36.0 Å². The van der Waals surface area contributed by atoms with Gasteiger partial charge >= 0.3 is 0 Å². The van der Waals surface area contributed by atoms with Crippen LogP contribution in [0.5, 0.6) is 0 Å². The van der Waals surface area contributed by atoms with Gasteiger partial charge in [0.05, 0.1) is 0 Å². The Hall–Kier alpha value is -1.71. The average molecular weight is 273 g/mol. The van der Waals surface area contributed by atoms with Crippen LogP contribution in [0.25, 0.3) is 0 Å². The molecule has 1 aromatic rings. The van der Waals surface area contributed by atoms with Crippen LogP contribution in [0, 0.1) is 0 Å². The number of nitrogens with zero attached hydrogens (tertiary/aromatic N) is 2. The third-order valence-corrected chi connectivity index (χ3v) is 4.53. The highest BCUT2D eigenvalue weighted by atomic mass is 16.2. The number of carbonyl (C=O) groups excluding carboxylic acids is 1. The van der Waals surface area contributed by atoms with E-state index in [1.165, 1.54) is 11.3 Å². The number of likely N-dealkylation sites (tertiary alicyclic amines) is 1. The first-order valence-electron chi connectivity index (χ1n) is 7.54. The molecule has 0 aliphatic carbocycles. The van der Waals surface area contributed by atoms with E-state index in [4.69, 9.17) is 5.73 Å². The third-order valence-electron chi connectivity index (χ3n) is 4.53. The minimum absolute atomic E-state index is 0.00162. The predicted molar refractivity (Wildman–Crippen MR) is 81.8 cm³/mol. The zero-order valence-corrected chi connectivity index (χ0v) is 12.3. The van der Waals surface area contributed by atoms with Crippen LogP contribution in [0.3, 0.4) is 0 Å². The largest absolute Gasteiger partial charge is 0.398 e. The quantitative estimate of drug-likeness (QED) is 0.839. The fraction of sp³-hybridized carbons (Fsp3) is 0.562. The van der Waals surface area contributed by atoms with Gasteiger partial charge in [0.15, 0.2) is 0 Å². The predicted octanol–water partition coefficient (Wildman–Crippen LogP) is 2.03. The molecule has 4 heteroatoms. The van der Waals surface area contributed by atoms with Crippen molar-refractivity contribution in [2.75, 3.05) is 23.7 Å². The van der Waals surface area contributed by atoms with Crippen molar-refractivity contribution in [3.63, 3.8) is 0 Å². The highest BCUT2D eigenvalue weighted by molar-refractivity contribution is 5.88. The summed E-state index contributed by atoms with van der Waals surface area (Å²) in [5.41, 5.74) is 9.33. The number of hydrogen-bond acceptors (Lipinski definition) is 3. The Bertz CT molecular complexity index is 526. The number of nitrogens with two attached hydrogens (primary N) is 1. The number of anilines is 2. The molecule has 0 aromatic heterocycles. The highest BCUT2D eigenvalue weighted by Crippen LogP contribution is 2.35. The van der Waals surface area contributed by atoms with Gasteiger partial charge < -0.3 is 15.5 Å². The molecule has 4 nitrogen and oxygen atoms in total. The van der Waals surface area contributed by atoms with Crippen molar-refractivity contribution in [3.8, 4) is 0 Å². The Labute approximate surface area is 120 Å². The zero-order chi connectivity index (χ0) is 14.3. The van der Waals surface area contributed by atoms with Crippen LogP contribution in [0.2, 0.25) is 0 Å². The van der Waals surface area contributed by atoms with Crippen molar-refractivity contribution >= 4 is 17.3 Å². The minimum Gasteiger partial charge on any atom is -0.398 e. The first-order valence-corrected chi connectivity index (χ1v) is 7.54. The number of amides is 1. The standard InChI is InChI=1S/C16H23N3O/c1-11(2)18-10-8-15(16(18)20)19-9-4-5-12-13(17)6-3-7-14(12)19/h3,6-7,11,15H,4-5,8-10,17H2,1-2H3. The van der Waals surface area contributed by atoms with E-state index in [1.807, 2.05) is 17.0 Å². The van der Waals surface area contributed by atoms with Crippen molar-refractivity contribution in [1.29, 1.82) is 0 Å². The molecule has 1 saturated heterocycles. The smallest absolute Gasteiger partial charge is 0.245 e. The summed E-state index contributed by atoms with van der Waals surface area (Å²) in [4.78, 5) is 16.9. The van der Waals surface area contributed by atoms with E-state index >= 15 is 0 Å². The molecule has 0 bridgehead atoms. The topological polar surface area (TPSA) is 49.6 Å². The van der Waals surface area contributed by atoms with Crippen LogP contribution >= 0.6 is 0 Å². The molecule has 0 spiro atoms. The van der Waals surface area contributed by atoms with Gasteiger partial charge in [0.1, 0.15) is 6.04 Å². The number of rotatable bonds is 2. The van der Waals surface area contributed by atoms with Gasteiger partial charge in [-0.2, -0.15) is 0 Å². The van der Waals surface area contributed by atoms with Gasteiger partial charge in [0.25, 0.3) is 0 Å². The lowest BCUT2D eigenvalue weighted by molar-refractivity contribution is -0.130. The summed E-state index contributed by atoms with van der Waals surface area (Å²) in [6, 6.07) is 6.34. The molecule has 2 aliphatic rings. The van der Waals surface area contributed by atoms with Gasteiger partial charge in [-0.15, -0.1) is 0 Å². The van der Waals surface area contributed by atoms with E-state index in [9.17, 15) is 4.79 Å². The molecule has 2 aliphatic heterocycles. The maximum absolute atomic E-state index is 12.6. The first-order chi connectivity index (χ1) is 9.59. The van der Waals surface area contributed by atoms with Crippen LogP contribution in [0.15, 0.2) is 18.2 Å². The summed E-state index contributed by atoms with van der Waals surface area (Å²) in [7, 11) is 0. The Morgan fingerprint density at radius 3 is 2.80 bits per heavy atom. The molecular weight excluding hydrogens is 250 g/mol. The molecule has 1 aromatic carbocycles. The molecular formula is C16H23N3O. The number of fused-ring (bicyclic) bond motifs is 1. The van der Waals surface area contributed by atoms with Gasteiger partial charge in [-0.05, 0) is 50.8 Å². The lowest BCUT2D eigenvalue weighted by Crippen LogP contribution is -2.45. The van der Waals surface area contributed by atoms with Gasteiger partial charge in [-0.25, -0.2) is 0 Å². The Balaban J connectivity index is 1.91. The van der Waals surface area contributed by atoms with Crippen LogP contribution in [-0.2, 0) is 11.2 Å². The monoisotopic (exact) mass is 273 g/mol. The van der Waals surface area contributed by atoms with Gasteiger partial charge in [-0.3, -0.25) is 4.79 Å². The Kier molecular flexibility index (Phi) is 3.32. The van der Waals surface area contributed by atoms with E-state index in [-0.39, 0.29) is 18.0 Å². The molecule has 1 amide bonds. The molecule has 1 fully saturated rings. The molecule has 1 unspecified atom stereocenters. The Morgan fingerprint density at radius 1 is 1.30 bits per heavy atom.